The second-order valence-corrected chi connectivity index (χ2v) is 9.05. The van der Waals surface area contributed by atoms with Crippen molar-refractivity contribution in [3.05, 3.63) is 54.3 Å². The zero-order chi connectivity index (χ0) is 20.9. The molecule has 9 heteroatoms. The Bertz CT molecular complexity index is 643. The Morgan fingerprint density at radius 1 is 0.448 bits per heavy atom. The van der Waals surface area contributed by atoms with Gasteiger partial charge in [0.15, 0.2) is 0 Å². The van der Waals surface area contributed by atoms with Crippen LogP contribution >= 0.6 is 63.7 Å². The van der Waals surface area contributed by atoms with E-state index in [-0.39, 0.29) is 0 Å². The molecule has 0 aliphatic heterocycles. The highest BCUT2D eigenvalue weighted by Crippen LogP contribution is 2.33. The van der Waals surface area contributed by atoms with Crippen molar-refractivity contribution in [2.75, 3.05) is 52.9 Å². The highest BCUT2D eigenvalue weighted by molar-refractivity contribution is 9.11. The summed E-state index contributed by atoms with van der Waals surface area (Å²) in [7, 11) is 0. The minimum absolute atomic E-state index is 0.470. The molecule has 2 aromatic carbocycles. The molecule has 0 aliphatic carbocycles. The van der Waals surface area contributed by atoms with Gasteiger partial charge in [-0.2, -0.15) is 0 Å². The van der Waals surface area contributed by atoms with Gasteiger partial charge in [-0.15, -0.1) is 0 Å². The minimum atomic E-state index is 0.470. The van der Waals surface area contributed by atoms with Gasteiger partial charge >= 0.3 is 0 Å². The van der Waals surface area contributed by atoms with Crippen LogP contribution in [0.15, 0.2) is 54.3 Å². The lowest BCUT2D eigenvalue weighted by Crippen LogP contribution is -2.14. The Balaban J connectivity index is 1.40. The first-order chi connectivity index (χ1) is 14.1. The highest BCUT2D eigenvalue weighted by Gasteiger charge is 2.06. The molecule has 0 atom stereocenters. The van der Waals surface area contributed by atoms with Crippen molar-refractivity contribution < 1.29 is 23.7 Å². The lowest BCUT2D eigenvalue weighted by molar-refractivity contribution is 0.00486. The van der Waals surface area contributed by atoms with Crippen molar-refractivity contribution in [1.29, 1.82) is 0 Å². The molecular weight excluding hydrogens is 640 g/mol. The van der Waals surface area contributed by atoms with Crippen molar-refractivity contribution in [3.63, 3.8) is 0 Å². The topological polar surface area (TPSA) is 46.2 Å². The largest absolute Gasteiger partial charge is 0.489 e. The van der Waals surface area contributed by atoms with E-state index in [1.807, 2.05) is 36.4 Å². The van der Waals surface area contributed by atoms with Crippen molar-refractivity contribution >= 4 is 63.7 Å². The molecule has 0 amide bonds. The van der Waals surface area contributed by atoms with Crippen LogP contribution in [0.5, 0.6) is 11.5 Å². The average Bonchev–Trinajstić information content (AvgIpc) is 2.69. The average molecular weight is 662 g/mol. The Kier molecular flexibility index (Phi) is 12.8. The van der Waals surface area contributed by atoms with E-state index in [1.165, 1.54) is 0 Å². The van der Waals surface area contributed by atoms with Crippen LogP contribution in [0.2, 0.25) is 0 Å². The van der Waals surface area contributed by atoms with Crippen LogP contribution in [0.4, 0.5) is 0 Å². The smallest absolute Gasteiger partial charge is 0.147 e. The summed E-state index contributed by atoms with van der Waals surface area (Å²) in [5.74, 6) is 1.56. The zero-order valence-corrected chi connectivity index (χ0v) is 22.0. The standard InChI is InChI=1S/C20H22Br4O5/c21-15-3-1-4-16(22)19(15)28-13-11-26-9-7-25-8-10-27-12-14-29-20-17(23)5-2-6-18(20)24/h1-6H,7-14H2. The Morgan fingerprint density at radius 3 is 1.03 bits per heavy atom. The van der Waals surface area contributed by atoms with E-state index in [0.29, 0.717) is 52.9 Å². The zero-order valence-electron chi connectivity index (χ0n) is 15.7. The first-order valence-electron chi connectivity index (χ1n) is 8.96. The number of ether oxygens (including phenoxy) is 5. The van der Waals surface area contributed by atoms with Gasteiger partial charge < -0.3 is 23.7 Å². The van der Waals surface area contributed by atoms with Gasteiger partial charge in [0.2, 0.25) is 0 Å². The molecule has 0 saturated carbocycles. The number of benzene rings is 2. The summed E-state index contributed by atoms with van der Waals surface area (Å²) < 4.78 is 31.5. The van der Waals surface area contributed by atoms with E-state index in [9.17, 15) is 0 Å². The summed E-state index contributed by atoms with van der Waals surface area (Å²) in [6.45, 7) is 3.99. The van der Waals surface area contributed by atoms with E-state index < -0.39 is 0 Å². The molecule has 0 bridgehead atoms. The molecule has 0 unspecified atom stereocenters. The first-order valence-corrected chi connectivity index (χ1v) is 12.1. The second-order valence-electron chi connectivity index (χ2n) is 5.64. The number of rotatable bonds is 14. The normalized spacial score (nSPS) is 10.9. The fraction of sp³-hybridized carbons (Fsp3) is 0.400. The van der Waals surface area contributed by atoms with Crippen LogP contribution in [-0.4, -0.2) is 52.9 Å². The third-order valence-corrected chi connectivity index (χ3v) is 6.03. The molecule has 0 saturated heterocycles. The summed E-state index contributed by atoms with van der Waals surface area (Å²) >= 11 is 13.8. The molecule has 0 spiro atoms. The maximum absolute atomic E-state index is 5.70. The molecule has 0 aliphatic rings. The Hall–Kier alpha value is -0.160. The lowest BCUT2D eigenvalue weighted by atomic mass is 10.3. The monoisotopic (exact) mass is 658 g/mol. The van der Waals surface area contributed by atoms with E-state index in [4.69, 9.17) is 23.7 Å². The molecule has 160 valence electrons. The molecule has 29 heavy (non-hydrogen) atoms. The fourth-order valence-corrected chi connectivity index (χ4v) is 4.64. The number of para-hydroxylation sites is 2. The number of halogens is 4. The molecule has 0 aromatic heterocycles. The summed E-state index contributed by atoms with van der Waals surface area (Å²) in [6.07, 6.45) is 0. The van der Waals surface area contributed by atoms with E-state index >= 15 is 0 Å². The Labute approximate surface area is 204 Å². The molecule has 2 aromatic rings. The molecule has 0 N–H and O–H groups in total. The van der Waals surface area contributed by atoms with Gasteiger partial charge in [-0.3, -0.25) is 0 Å². The second kappa shape index (κ2) is 14.8. The van der Waals surface area contributed by atoms with Crippen molar-refractivity contribution in [1.82, 2.24) is 0 Å². The van der Waals surface area contributed by atoms with Gasteiger partial charge in [-0.25, -0.2) is 0 Å². The van der Waals surface area contributed by atoms with E-state index in [1.54, 1.807) is 0 Å². The van der Waals surface area contributed by atoms with Crippen LogP contribution in [-0.2, 0) is 14.2 Å². The maximum atomic E-state index is 5.70. The lowest BCUT2D eigenvalue weighted by Gasteiger charge is -2.11. The number of hydrogen-bond donors (Lipinski definition) is 0. The summed E-state index contributed by atoms with van der Waals surface area (Å²) in [5, 5.41) is 0. The van der Waals surface area contributed by atoms with Crippen LogP contribution in [0.25, 0.3) is 0 Å². The summed E-state index contributed by atoms with van der Waals surface area (Å²) in [6, 6.07) is 11.6. The van der Waals surface area contributed by atoms with Gasteiger partial charge in [0.05, 0.1) is 57.5 Å². The third-order valence-electron chi connectivity index (χ3n) is 3.53. The third kappa shape index (κ3) is 9.67. The molecule has 0 heterocycles. The number of hydrogen-bond acceptors (Lipinski definition) is 5. The molecule has 5 nitrogen and oxygen atoms in total. The molecule has 0 radical (unpaired) electrons. The van der Waals surface area contributed by atoms with Gasteiger partial charge in [-0.1, -0.05) is 12.1 Å². The van der Waals surface area contributed by atoms with Crippen LogP contribution in [0.1, 0.15) is 0 Å². The van der Waals surface area contributed by atoms with Gasteiger partial charge in [0.25, 0.3) is 0 Å². The van der Waals surface area contributed by atoms with E-state index in [2.05, 4.69) is 63.7 Å². The predicted octanol–water partition coefficient (Wildman–Crippen LogP) is 6.24. The van der Waals surface area contributed by atoms with Gasteiger partial charge in [0.1, 0.15) is 24.7 Å². The quantitative estimate of drug-likeness (QED) is 0.224. The molecular formula is C20H22Br4O5. The Morgan fingerprint density at radius 2 is 0.724 bits per heavy atom. The van der Waals surface area contributed by atoms with Gasteiger partial charge in [0, 0.05) is 0 Å². The van der Waals surface area contributed by atoms with Gasteiger partial charge in [-0.05, 0) is 88.0 Å². The SMILES string of the molecule is Brc1cccc(Br)c1OCCOCCOCCOCCOc1c(Br)cccc1Br. The van der Waals surface area contributed by atoms with Crippen molar-refractivity contribution in [3.8, 4) is 11.5 Å². The minimum Gasteiger partial charge on any atom is -0.489 e. The first kappa shape index (κ1) is 25.1. The van der Waals surface area contributed by atoms with Crippen LogP contribution < -0.4 is 9.47 Å². The van der Waals surface area contributed by atoms with Crippen LogP contribution in [0.3, 0.4) is 0 Å². The summed E-state index contributed by atoms with van der Waals surface area (Å²) in [4.78, 5) is 0. The van der Waals surface area contributed by atoms with Crippen molar-refractivity contribution in [2.24, 2.45) is 0 Å². The predicted molar refractivity (Wildman–Crippen MR) is 127 cm³/mol. The molecule has 2 rings (SSSR count). The highest BCUT2D eigenvalue weighted by atomic mass is 79.9. The van der Waals surface area contributed by atoms with E-state index in [0.717, 1.165) is 29.4 Å². The van der Waals surface area contributed by atoms with Crippen LogP contribution in [0, 0.1) is 0 Å². The fourth-order valence-electron chi connectivity index (χ4n) is 2.19. The molecule has 0 fully saturated rings. The maximum Gasteiger partial charge on any atom is 0.147 e. The summed E-state index contributed by atoms with van der Waals surface area (Å²) in [5.41, 5.74) is 0. The van der Waals surface area contributed by atoms with Crippen molar-refractivity contribution in [2.45, 2.75) is 0 Å².